The van der Waals surface area contributed by atoms with Crippen LogP contribution in [-0.4, -0.2) is 43.3 Å². The van der Waals surface area contributed by atoms with E-state index in [4.69, 9.17) is 14.6 Å². The first-order chi connectivity index (χ1) is 9.45. The molecule has 0 saturated heterocycles. The third kappa shape index (κ3) is 4.55. The Kier molecular flexibility index (Phi) is 5.99. The molecule has 0 aliphatic carbocycles. The molecule has 110 valence electrons. The van der Waals surface area contributed by atoms with Gasteiger partial charge in [-0.3, -0.25) is 4.79 Å². The van der Waals surface area contributed by atoms with Gasteiger partial charge >= 0.3 is 5.97 Å². The zero-order valence-electron chi connectivity index (χ0n) is 11.8. The van der Waals surface area contributed by atoms with Crippen LogP contribution in [0.15, 0.2) is 18.2 Å². The summed E-state index contributed by atoms with van der Waals surface area (Å²) in [5.41, 5.74) is 0.855. The molecule has 1 rings (SSSR count). The second-order valence-corrected chi connectivity index (χ2v) is 4.35. The van der Waals surface area contributed by atoms with Gasteiger partial charge in [-0.15, -0.1) is 0 Å². The molecular weight excluding hydrogens is 262 g/mol. The van der Waals surface area contributed by atoms with Crippen molar-refractivity contribution in [2.24, 2.45) is 0 Å². The van der Waals surface area contributed by atoms with Crippen molar-refractivity contribution in [2.45, 2.75) is 20.0 Å². The number of carboxylic acid groups (broad SMARTS) is 1. The van der Waals surface area contributed by atoms with Crippen LogP contribution in [0.25, 0.3) is 0 Å². The van der Waals surface area contributed by atoms with Crippen LogP contribution in [0.3, 0.4) is 0 Å². The predicted molar refractivity (Wildman–Crippen MR) is 73.1 cm³/mol. The molecule has 0 aliphatic heterocycles. The van der Waals surface area contributed by atoms with Gasteiger partial charge < -0.3 is 19.9 Å². The number of hydrogen-bond acceptors (Lipinski definition) is 4. The Morgan fingerprint density at radius 3 is 2.70 bits per heavy atom. The number of carbonyl (C=O) groups excluding carboxylic acids is 1. The molecule has 0 spiro atoms. The third-order valence-electron chi connectivity index (χ3n) is 2.64. The molecule has 2 N–H and O–H groups in total. The number of aromatic carboxylic acids is 1. The number of amides is 1. The van der Waals surface area contributed by atoms with E-state index < -0.39 is 12.1 Å². The van der Waals surface area contributed by atoms with Gasteiger partial charge in [0.15, 0.2) is 6.10 Å². The standard InChI is InChI=1S/C14H19NO5/c1-9-4-5-12(11(8-9)14(17)18)20-10(2)13(16)15-6-7-19-3/h4-5,8,10H,6-7H2,1-3H3,(H,15,16)(H,17,18)/t10-/m1/s1. The molecule has 0 heterocycles. The van der Waals surface area contributed by atoms with Crippen LogP contribution >= 0.6 is 0 Å². The fourth-order valence-electron chi connectivity index (χ4n) is 1.58. The fraction of sp³-hybridized carbons (Fsp3) is 0.429. The summed E-state index contributed by atoms with van der Waals surface area (Å²) in [5.74, 6) is -1.23. The highest BCUT2D eigenvalue weighted by atomic mass is 16.5. The molecule has 6 heteroatoms. The molecule has 0 saturated carbocycles. The summed E-state index contributed by atoms with van der Waals surface area (Å²) in [6, 6.07) is 4.79. The zero-order chi connectivity index (χ0) is 15.1. The van der Waals surface area contributed by atoms with Crippen molar-refractivity contribution in [3.8, 4) is 5.75 Å². The van der Waals surface area contributed by atoms with Crippen LogP contribution < -0.4 is 10.1 Å². The van der Waals surface area contributed by atoms with E-state index in [0.717, 1.165) is 5.56 Å². The van der Waals surface area contributed by atoms with Gasteiger partial charge in [-0.2, -0.15) is 0 Å². The molecule has 6 nitrogen and oxygen atoms in total. The average Bonchev–Trinajstić information content (AvgIpc) is 2.40. The number of aryl methyl sites for hydroxylation is 1. The molecule has 1 aromatic carbocycles. The summed E-state index contributed by atoms with van der Waals surface area (Å²) in [6.07, 6.45) is -0.785. The first-order valence-corrected chi connectivity index (χ1v) is 6.23. The largest absolute Gasteiger partial charge is 0.480 e. The fourth-order valence-corrected chi connectivity index (χ4v) is 1.58. The second-order valence-electron chi connectivity index (χ2n) is 4.35. The number of carboxylic acids is 1. The van der Waals surface area contributed by atoms with Crippen molar-refractivity contribution in [3.05, 3.63) is 29.3 Å². The van der Waals surface area contributed by atoms with Crippen LogP contribution in [-0.2, 0) is 9.53 Å². The first-order valence-electron chi connectivity index (χ1n) is 6.23. The van der Waals surface area contributed by atoms with Gasteiger partial charge in [-0.05, 0) is 26.0 Å². The Hall–Kier alpha value is -2.08. The maximum Gasteiger partial charge on any atom is 0.339 e. The molecular formula is C14H19NO5. The number of carbonyl (C=O) groups is 2. The Morgan fingerprint density at radius 1 is 1.40 bits per heavy atom. The molecule has 0 aliphatic rings. The van der Waals surface area contributed by atoms with Gasteiger partial charge in [0.1, 0.15) is 11.3 Å². The summed E-state index contributed by atoms with van der Waals surface area (Å²) in [5, 5.41) is 11.7. The number of hydrogen-bond donors (Lipinski definition) is 2. The lowest BCUT2D eigenvalue weighted by atomic mass is 10.1. The maximum absolute atomic E-state index is 11.7. The van der Waals surface area contributed by atoms with Crippen molar-refractivity contribution in [1.29, 1.82) is 0 Å². The monoisotopic (exact) mass is 281 g/mol. The summed E-state index contributed by atoms with van der Waals surface area (Å²) < 4.78 is 10.2. The van der Waals surface area contributed by atoms with Crippen LogP contribution in [0, 0.1) is 6.92 Å². The van der Waals surface area contributed by atoms with Crippen molar-refractivity contribution >= 4 is 11.9 Å². The summed E-state index contributed by atoms with van der Waals surface area (Å²) in [6.45, 7) is 4.14. The van der Waals surface area contributed by atoms with Crippen molar-refractivity contribution in [1.82, 2.24) is 5.32 Å². The number of ether oxygens (including phenoxy) is 2. The number of benzene rings is 1. The van der Waals surface area contributed by atoms with Gasteiger partial charge in [0.25, 0.3) is 5.91 Å². The lowest BCUT2D eigenvalue weighted by molar-refractivity contribution is -0.127. The minimum atomic E-state index is -1.09. The zero-order valence-corrected chi connectivity index (χ0v) is 11.8. The van der Waals surface area contributed by atoms with Gasteiger partial charge in [0.05, 0.1) is 6.61 Å². The Morgan fingerprint density at radius 2 is 2.10 bits per heavy atom. The van der Waals surface area contributed by atoms with E-state index >= 15 is 0 Å². The van der Waals surface area contributed by atoms with Crippen molar-refractivity contribution < 1.29 is 24.2 Å². The van der Waals surface area contributed by atoms with E-state index in [1.807, 2.05) is 0 Å². The highest BCUT2D eigenvalue weighted by Gasteiger charge is 2.18. The first kappa shape index (κ1) is 16.0. The molecule has 1 aromatic rings. The van der Waals surface area contributed by atoms with E-state index in [1.54, 1.807) is 26.0 Å². The van der Waals surface area contributed by atoms with Crippen LogP contribution in [0.2, 0.25) is 0 Å². The van der Waals surface area contributed by atoms with Crippen LogP contribution in [0.1, 0.15) is 22.8 Å². The minimum absolute atomic E-state index is 0.0431. The van der Waals surface area contributed by atoms with Crippen LogP contribution in [0.5, 0.6) is 5.75 Å². The molecule has 0 bridgehead atoms. The highest BCUT2D eigenvalue weighted by Crippen LogP contribution is 2.21. The summed E-state index contributed by atoms with van der Waals surface area (Å²) in [7, 11) is 1.54. The minimum Gasteiger partial charge on any atom is -0.480 e. The van der Waals surface area contributed by atoms with Crippen molar-refractivity contribution in [2.75, 3.05) is 20.3 Å². The molecule has 0 radical (unpaired) electrons. The summed E-state index contributed by atoms with van der Waals surface area (Å²) >= 11 is 0. The SMILES string of the molecule is COCCNC(=O)[C@@H](C)Oc1ccc(C)cc1C(=O)O. The van der Waals surface area contributed by atoms with Gasteiger partial charge in [-0.1, -0.05) is 11.6 Å². The van der Waals surface area contributed by atoms with E-state index in [2.05, 4.69) is 5.32 Å². The molecule has 0 fully saturated rings. The van der Waals surface area contributed by atoms with Gasteiger partial charge in [0, 0.05) is 13.7 Å². The van der Waals surface area contributed by atoms with E-state index in [1.165, 1.54) is 13.2 Å². The number of methoxy groups -OCH3 is 1. The van der Waals surface area contributed by atoms with E-state index in [-0.39, 0.29) is 17.2 Å². The normalized spacial score (nSPS) is 11.8. The molecule has 1 amide bonds. The molecule has 0 unspecified atom stereocenters. The highest BCUT2D eigenvalue weighted by molar-refractivity contribution is 5.91. The Labute approximate surface area is 117 Å². The molecule has 0 aromatic heterocycles. The summed E-state index contributed by atoms with van der Waals surface area (Å²) in [4.78, 5) is 22.9. The predicted octanol–water partition coefficient (Wildman–Crippen LogP) is 1.22. The smallest absolute Gasteiger partial charge is 0.339 e. The quantitative estimate of drug-likeness (QED) is 0.734. The topological polar surface area (TPSA) is 84.9 Å². The Bertz CT molecular complexity index is 486. The average molecular weight is 281 g/mol. The maximum atomic E-state index is 11.7. The van der Waals surface area contributed by atoms with Gasteiger partial charge in [-0.25, -0.2) is 4.79 Å². The lowest BCUT2D eigenvalue weighted by Crippen LogP contribution is -2.38. The molecule has 1 atom stereocenters. The molecule has 20 heavy (non-hydrogen) atoms. The second kappa shape index (κ2) is 7.49. The van der Waals surface area contributed by atoms with Gasteiger partial charge in [0.2, 0.25) is 0 Å². The van der Waals surface area contributed by atoms with Crippen molar-refractivity contribution in [3.63, 3.8) is 0 Å². The lowest BCUT2D eigenvalue weighted by Gasteiger charge is -2.16. The number of nitrogens with one attached hydrogen (secondary N) is 1. The van der Waals surface area contributed by atoms with E-state index in [0.29, 0.717) is 13.2 Å². The number of rotatable bonds is 7. The third-order valence-corrected chi connectivity index (χ3v) is 2.64. The van der Waals surface area contributed by atoms with Crippen LogP contribution in [0.4, 0.5) is 0 Å². The Balaban J connectivity index is 2.72. The van der Waals surface area contributed by atoms with E-state index in [9.17, 15) is 9.59 Å².